The molecule has 3 heterocycles. The van der Waals surface area contributed by atoms with Gasteiger partial charge in [-0.15, -0.1) is 10.2 Å². The first-order valence-electron chi connectivity index (χ1n) is 11.0. The van der Waals surface area contributed by atoms with Crippen molar-refractivity contribution in [2.75, 3.05) is 25.4 Å². The highest BCUT2D eigenvalue weighted by atomic mass is 79.9. The van der Waals surface area contributed by atoms with Gasteiger partial charge in [-0.25, -0.2) is 0 Å². The highest BCUT2D eigenvalue weighted by molar-refractivity contribution is 9.10. The average molecular weight is 533 g/mol. The smallest absolute Gasteiger partial charge is 0.290 e. The Morgan fingerprint density at radius 1 is 1.27 bits per heavy atom. The zero-order valence-electron chi connectivity index (χ0n) is 19.1. The van der Waals surface area contributed by atoms with Gasteiger partial charge in [-0.1, -0.05) is 39.8 Å². The standard InChI is InChI=1S/C22H27BrN6S.CH2O2/c1-15-19(12-24-28(15)3)20-25-26-21(27(20)2)30-10-4-9-29-13-17-11-22(17,14-29)16-5-7-18(23)8-6-16;2-1-3/h5-8,12,17H,4,9-11,13-14H2,1-3H3;1H,(H,2,3)/t17-,22+;/m0./s1. The molecule has 0 bridgehead atoms. The van der Waals surface area contributed by atoms with Crippen molar-refractivity contribution in [1.29, 1.82) is 0 Å². The summed E-state index contributed by atoms with van der Waals surface area (Å²) in [6.07, 6.45) is 4.39. The molecule has 1 aliphatic carbocycles. The summed E-state index contributed by atoms with van der Waals surface area (Å²) < 4.78 is 5.12. The number of aryl methyl sites for hydroxylation is 1. The molecule has 10 heteroatoms. The Morgan fingerprint density at radius 3 is 2.67 bits per heavy atom. The van der Waals surface area contributed by atoms with Crippen LogP contribution in [0.15, 0.2) is 40.1 Å². The zero-order chi connectivity index (χ0) is 23.6. The van der Waals surface area contributed by atoms with Gasteiger partial charge in [0.05, 0.1) is 11.8 Å². The molecule has 2 aliphatic rings. The van der Waals surface area contributed by atoms with Crippen LogP contribution in [0.3, 0.4) is 0 Å². The fraction of sp³-hybridized carbons (Fsp3) is 0.478. The lowest BCUT2D eigenvalue weighted by atomic mass is 9.95. The number of nitrogens with zero attached hydrogens (tertiary/aromatic N) is 6. The number of carbonyl (C=O) groups is 1. The van der Waals surface area contributed by atoms with Crippen molar-refractivity contribution in [2.24, 2.45) is 20.0 Å². The Bertz CT molecular complexity index is 1110. The number of halogens is 1. The summed E-state index contributed by atoms with van der Waals surface area (Å²) in [5.41, 5.74) is 4.10. The van der Waals surface area contributed by atoms with E-state index in [0.717, 1.165) is 44.9 Å². The van der Waals surface area contributed by atoms with Crippen molar-refractivity contribution in [1.82, 2.24) is 29.4 Å². The van der Waals surface area contributed by atoms with Crippen molar-refractivity contribution >= 4 is 34.2 Å². The zero-order valence-corrected chi connectivity index (χ0v) is 21.5. The summed E-state index contributed by atoms with van der Waals surface area (Å²) in [5.74, 6) is 2.79. The highest BCUT2D eigenvalue weighted by Crippen LogP contribution is 2.59. The summed E-state index contributed by atoms with van der Waals surface area (Å²) in [6, 6.07) is 8.97. The molecule has 2 aromatic heterocycles. The second-order valence-electron chi connectivity index (χ2n) is 8.74. The Balaban J connectivity index is 0.000000821. The van der Waals surface area contributed by atoms with Crippen LogP contribution in [0, 0.1) is 12.8 Å². The topological polar surface area (TPSA) is 89.1 Å². The van der Waals surface area contributed by atoms with Crippen LogP contribution in [0.25, 0.3) is 11.4 Å². The Morgan fingerprint density at radius 2 is 2.00 bits per heavy atom. The Hall–Kier alpha value is -2.17. The molecular formula is C23H29BrN6O2S. The highest BCUT2D eigenvalue weighted by Gasteiger charge is 2.60. The maximum absolute atomic E-state index is 8.36. The number of rotatable bonds is 7. The summed E-state index contributed by atoms with van der Waals surface area (Å²) in [6.45, 7) is 5.42. The molecule has 0 spiro atoms. The first kappa shape index (κ1) is 24.0. The van der Waals surface area contributed by atoms with E-state index in [1.54, 1.807) is 11.8 Å². The molecule has 0 unspecified atom stereocenters. The number of fused-ring (bicyclic) bond motifs is 1. The number of benzene rings is 1. The Labute approximate surface area is 206 Å². The number of thioether (sulfide) groups is 1. The largest absolute Gasteiger partial charge is 0.483 e. The molecule has 5 rings (SSSR count). The third-order valence-electron chi connectivity index (χ3n) is 6.80. The van der Waals surface area contributed by atoms with Crippen LogP contribution in [-0.4, -0.2) is 66.4 Å². The lowest BCUT2D eigenvalue weighted by Crippen LogP contribution is -2.27. The van der Waals surface area contributed by atoms with Crippen molar-refractivity contribution in [3.05, 3.63) is 46.2 Å². The molecule has 8 nitrogen and oxygen atoms in total. The number of likely N-dealkylation sites (tertiary alicyclic amines) is 1. The van der Waals surface area contributed by atoms with Gasteiger partial charge in [0.15, 0.2) is 11.0 Å². The van der Waals surface area contributed by atoms with Gasteiger partial charge in [-0.2, -0.15) is 5.10 Å². The van der Waals surface area contributed by atoms with Gasteiger partial charge in [0.1, 0.15) is 0 Å². The van der Waals surface area contributed by atoms with E-state index in [-0.39, 0.29) is 6.47 Å². The number of piperidine rings is 1. The van der Waals surface area contributed by atoms with E-state index in [1.807, 2.05) is 25.0 Å². The third-order valence-corrected chi connectivity index (χ3v) is 8.43. The fourth-order valence-corrected chi connectivity index (χ4v) is 5.93. The van der Waals surface area contributed by atoms with E-state index >= 15 is 0 Å². The summed E-state index contributed by atoms with van der Waals surface area (Å²) in [4.78, 5) is 11.0. The van der Waals surface area contributed by atoms with Crippen molar-refractivity contribution in [3.63, 3.8) is 0 Å². The van der Waals surface area contributed by atoms with Crippen LogP contribution in [0.4, 0.5) is 0 Å². The van der Waals surface area contributed by atoms with Gasteiger partial charge < -0.3 is 14.6 Å². The number of carboxylic acid groups (broad SMARTS) is 1. The number of hydrogen-bond donors (Lipinski definition) is 1. The molecule has 1 aliphatic heterocycles. The molecule has 1 aromatic carbocycles. The van der Waals surface area contributed by atoms with Gasteiger partial charge in [0.25, 0.3) is 6.47 Å². The monoisotopic (exact) mass is 532 g/mol. The van der Waals surface area contributed by atoms with Gasteiger partial charge in [0.2, 0.25) is 0 Å². The predicted molar refractivity (Wildman–Crippen MR) is 132 cm³/mol. The van der Waals surface area contributed by atoms with Gasteiger partial charge in [-0.05, 0) is 49.9 Å². The van der Waals surface area contributed by atoms with Crippen LogP contribution >= 0.6 is 27.7 Å². The molecule has 0 radical (unpaired) electrons. The molecule has 2 atom stereocenters. The first-order chi connectivity index (χ1) is 15.9. The van der Waals surface area contributed by atoms with Crippen molar-refractivity contribution < 1.29 is 9.90 Å². The normalized spacial score (nSPS) is 21.4. The average Bonchev–Trinajstić information content (AvgIpc) is 3.03. The van der Waals surface area contributed by atoms with E-state index in [1.165, 1.54) is 31.5 Å². The maximum Gasteiger partial charge on any atom is 0.290 e. The third kappa shape index (κ3) is 4.88. The lowest BCUT2D eigenvalue weighted by Gasteiger charge is -2.21. The second kappa shape index (κ2) is 9.99. The lowest BCUT2D eigenvalue weighted by molar-refractivity contribution is -0.122. The SMILES string of the molecule is Cc1c(-c2nnc(SCCCN3C[C@@H]4C[C@]4(c4ccc(Br)cc4)C3)n2C)cnn1C.O=CO. The molecular weight excluding hydrogens is 504 g/mol. The summed E-state index contributed by atoms with van der Waals surface area (Å²) in [5, 5.41) is 21.0. The van der Waals surface area contributed by atoms with E-state index in [0.29, 0.717) is 5.41 Å². The van der Waals surface area contributed by atoms with Crippen molar-refractivity contribution in [3.8, 4) is 11.4 Å². The van der Waals surface area contributed by atoms with E-state index in [2.05, 4.69) is 71.9 Å². The molecule has 0 amide bonds. The number of hydrogen-bond acceptors (Lipinski definition) is 6. The minimum Gasteiger partial charge on any atom is -0.483 e. The molecule has 1 N–H and O–H groups in total. The van der Waals surface area contributed by atoms with Crippen LogP contribution in [0.1, 0.15) is 24.1 Å². The minimum absolute atomic E-state index is 0.250. The quantitative estimate of drug-likeness (QED) is 0.281. The molecule has 1 saturated carbocycles. The summed E-state index contributed by atoms with van der Waals surface area (Å²) in [7, 11) is 3.99. The molecule has 176 valence electrons. The van der Waals surface area contributed by atoms with Gasteiger partial charge in [-0.3, -0.25) is 9.48 Å². The number of aromatic nitrogens is 5. The molecule has 3 aromatic rings. The van der Waals surface area contributed by atoms with Crippen LogP contribution in [-0.2, 0) is 24.3 Å². The van der Waals surface area contributed by atoms with Crippen LogP contribution < -0.4 is 0 Å². The van der Waals surface area contributed by atoms with Crippen LogP contribution in [0.2, 0.25) is 0 Å². The molecule has 33 heavy (non-hydrogen) atoms. The first-order valence-corrected chi connectivity index (χ1v) is 12.7. The molecule has 1 saturated heterocycles. The van der Waals surface area contributed by atoms with Crippen LogP contribution in [0.5, 0.6) is 0 Å². The van der Waals surface area contributed by atoms with Crippen molar-refractivity contribution in [2.45, 2.75) is 30.3 Å². The van der Waals surface area contributed by atoms with Gasteiger partial charge in [0, 0.05) is 48.5 Å². The maximum atomic E-state index is 8.36. The molecule has 2 fully saturated rings. The van der Waals surface area contributed by atoms with Gasteiger partial charge >= 0.3 is 0 Å². The minimum atomic E-state index is -0.250. The summed E-state index contributed by atoms with van der Waals surface area (Å²) >= 11 is 5.35. The van der Waals surface area contributed by atoms with E-state index in [4.69, 9.17) is 9.90 Å². The second-order valence-corrected chi connectivity index (χ2v) is 10.7. The predicted octanol–water partition coefficient (Wildman–Crippen LogP) is 3.74. The fourth-order valence-electron chi connectivity index (χ4n) is 4.83. The van der Waals surface area contributed by atoms with E-state index in [9.17, 15) is 0 Å². The van der Waals surface area contributed by atoms with E-state index < -0.39 is 0 Å². The Kier molecular flexibility index (Phi) is 7.25.